The minimum Gasteiger partial charge on any atom is -0.299 e. The second-order valence-electron chi connectivity index (χ2n) is 5.99. The molecule has 1 aliphatic rings. The molecule has 2 aromatic heterocycles. The van der Waals surface area contributed by atoms with Gasteiger partial charge in [0.05, 0.1) is 5.69 Å². The van der Waals surface area contributed by atoms with Crippen LogP contribution < -0.4 is 10.9 Å². The average molecular weight is 371 g/mol. The molecule has 0 aliphatic heterocycles. The Bertz CT molecular complexity index is 1010. The quantitative estimate of drug-likeness (QED) is 0.744. The molecule has 0 atom stereocenters. The molecule has 0 radical (unpaired) electrons. The molecule has 1 aromatic carbocycles. The molecule has 0 unspecified atom stereocenters. The molecule has 1 fully saturated rings. The Morgan fingerprint density at radius 2 is 1.96 bits per heavy atom. The van der Waals surface area contributed by atoms with E-state index in [9.17, 15) is 14.0 Å². The van der Waals surface area contributed by atoms with Crippen LogP contribution in [-0.4, -0.2) is 25.9 Å². The summed E-state index contributed by atoms with van der Waals surface area (Å²) in [5, 5.41) is 16.2. The lowest BCUT2D eigenvalue weighted by molar-refractivity contribution is -0.117. The van der Waals surface area contributed by atoms with Crippen molar-refractivity contribution in [2.75, 3.05) is 5.32 Å². The van der Waals surface area contributed by atoms with Crippen LogP contribution >= 0.6 is 11.3 Å². The normalized spacial score (nSPS) is 13.6. The van der Waals surface area contributed by atoms with Crippen molar-refractivity contribution in [2.24, 2.45) is 0 Å². The fourth-order valence-corrected chi connectivity index (χ4v) is 3.34. The van der Waals surface area contributed by atoms with Crippen LogP contribution in [0.15, 0.2) is 41.2 Å². The Morgan fingerprint density at radius 3 is 2.69 bits per heavy atom. The van der Waals surface area contributed by atoms with Crippen LogP contribution in [0.3, 0.4) is 0 Å². The molecular weight excluding hydrogens is 357 g/mol. The topological polar surface area (TPSA) is 89.8 Å². The van der Waals surface area contributed by atoms with Gasteiger partial charge in [-0.3, -0.25) is 14.9 Å². The molecule has 26 heavy (non-hydrogen) atoms. The summed E-state index contributed by atoms with van der Waals surface area (Å²) in [7, 11) is 0. The first kappa shape index (κ1) is 16.5. The third-order valence-electron chi connectivity index (χ3n) is 3.91. The van der Waals surface area contributed by atoms with Gasteiger partial charge in [-0.25, -0.2) is 9.07 Å². The Kier molecular flexibility index (Phi) is 4.29. The van der Waals surface area contributed by atoms with Gasteiger partial charge in [0.25, 0.3) is 5.56 Å². The van der Waals surface area contributed by atoms with Crippen molar-refractivity contribution in [1.82, 2.24) is 20.0 Å². The van der Waals surface area contributed by atoms with Crippen molar-refractivity contribution in [3.8, 4) is 11.3 Å². The van der Waals surface area contributed by atoms with Gasteiger partial charge in [0.15, 0.2) is 0 Å². The van der Waals surface area contributed by atoms with E-state index in [0.717, 1.165) is 22.5 Å². The van der Waals surface area contributed by atoms with Crippen LogP contribution in [0.4, 0.5) is 9.52 Å². The summed E-state index contributed by atoms with van der Waals surface area (Å²) in [6.45, 7) is -0.244. The van der Waals surface area contributed by atoms with Gasteiger partial charge >= 0.3 is 0 Å². The summed E-state index contributed by atoms with van der Waals surface area (Å²) >= 11 is 1.35. The van der Waals surface area contributed by atoms with Crippen LogP contribution in [0.1, 0.15) is 23.8 Å². The van der Waals surface area contributed by atoms with Crippen molar-refractivity contribution in [1.29, 1.82) is 0 Å². The third kappa shape index (κ3) is 3.67. The predicted octanol–water partition coefficient (Wildman–Crippen LogP) is 2.42. The van der Waals surface area contributed by atoms with Crippen molar-refractivity contribution in [3.63, 3.8) is 0 Å². The third-order valence-corrected chi connectivity index (χ3v) is 4.91. The number of aromatic nitrogens is 4. The maximum atomic E-state index is 13.0. The zero-order chi connectivity index (χ0) is 18.1. The Balaban J connectivity index is 1.49. The van der Waals surface area contributed by atoms with Crippen LogP contribution in [0.2, 0.25) is 0 Å². The summed E-state index contributed by atoms with van der Waals surface area (Å²) in [4.78, 5) is 24.2. The summed E-state index contributed by atoms with van der Waals surface area (Å²) in [5.74, 6) is -0.298. The zero-order valence-electron chi connectivity index (χ0n) is 13.6. The van der Waals surface area contributed by atoms with Gasteiger partial charge in [-0.15, -0.1) is 10.2 Å². The standard InChI is InChI=1S/C17H14FN5O2S/c18-12-5-3-10(4-6-12)13-7-8-15(25)23(22-13)9-14(24)19-17-21-20-16(26-17)11-1-2-11/h3-8,11H,1-2,9H2,(H,19,21,24). The number of carbonyl (C=O) groups excluding carboxylic acids is 1. The first-order valence-electron chi connectivity index (χ1n) is 8.06. The van der Waals surface area contributed by atoms with Gasteiger partial charge < -0.3 is 0 Å². The lowest BCUT2D eigenvalue weighted by atomic mass is 10.1. The molecule has 1 N–H and O–H groups in total. The Hall–Kier alpha value is -2.94. The van der Waals surface area contributed by atoms with Gasteiger partial charge in [-0.05, 0) is 43.2 Å². The van der Waals surface area contributed by atoms with E-state index in [4.69, 9.17) is 0 Å². The summed E-state index contributed by atoms with van der Waals surface area (Å²) < 4.78 is 14.1. The number of hydrogen-bond donors (Lipinski definition) is 1. The number of benzene rings is 1. The summed E-state index contributed by atoms with van der Waals surface area (Å²) in [5.41, 5.74) is 0.727. The van der Waals surface area contributed by atoms with Gasteiger partial charge in [-0.2, -0.15) is 5.10 Å². The smallest absolute Gasteiger partial charge is 0.267 e. The van der Waals surface area contributed by atoms with Crippen molar-refractivity contribution in [2.45, 2.75) is 25.3 Å². The molecule has 3 aromatic rings. The highest BCUT2D eigenvalue weighted by Crippen LogP contribution is 2.42. The Morgan fingerprint density at radius 1 is 1.19 bits per heavy atom. The molecule has 0 saturated heterocycles. The van der Waals surface area contributed by atoms with E-state index >= 15 is 0 Å². The van der Waals surface area contributed by atoms with Crippen molar-refractivity contribution < 1.29 is 9.18 Å². The summed E-state index contributed by atoms with van der Waals surface area (Å²) in [6, 6.07) is 8.62. The highest BCUT2D eigenvalue weighted by molar-refractivity contribution is 7.15. The molecule has 7 nitrogen and oxygen atoms in total. The maximum Gasteiger partial charge on any atom is 0.267 e. The van der Waals surface area contributed by atoms with Crippen molar-refractivity contribution in [3.05, 3.63) is 57.6 Å². The highest BCUT2D eigenvalue weighted by Gasteiger charge is 2.27. The van der Waals surface area contributed by atoms with E-state index in [1.807, 2.05) is 0 Å². The van der Waals surface area contributed by atoms with Gasteiger partial charge in [0.1, 0.15) is 17.4 Å². The van der Waals surface area contributed by atoms with Crippen LogP contribution in [-0.2, 0) is 11.3 Å². The molecule has 2 heterocycles. The number of hydrogen-bond acceptors (Lipinski definition) is 6. The lowest BCUT2D eigenvalue weighted by Gasteiger charge is -2.07. The lowest BCUT2D eigenvalue weighted by Crippen LogP contribution is -2.29. The molecule has 1 aliphatic carbocycles. The minimum atomic E-state index is -0.408. The number of anilines is 1. The van der Waals surface area contributed by atoms with Crippen LogP contribution in [0.5, 0.6) is 0 Å². The van der Waals surface area contributed by atoms with Crippen LogP contribution in [0, 0.1) is 5.82 Å². The second kappa shape index (κ2) is 6.75. The van der Waals surface area contributed by atoms with Gasteiger partial charge in [0.2, 0.25) is 11.0 Å². The number of nitrogens with zero attached hydrogens (tertiary/aromatic N) is 4. The summed E-state index contributed by atoms with van der Waals surface area (Å²) in [6.07, 6.45) is 2.22. The number of rotatable bonds is 5. The predicted molar refractivity (Wildman–Crippen MR) is 94.4 cm³/mol. The average Bonchev–Trinajstić information content (AvgIpc) is 3.37. The molecule has 1 saturated carbocycles. The van der Waals surface area contributed by atoms with Crippen LogP contribution in [0.25, 0.3) is 11.3 Å². The molecule has 0 bridgehead atoms. The fourth-order valence-electron chi connectivity index (χ4n) is 2.41. The molecule has 0 spiro atoms. The first-order valence-corrected chi connectivity index (χ1v) is 8.87. The Labute approximate surface area is 151 Å². The minimum absolute atomic E-state index is 0.244. The van der Waals surface area contributed by atoms with Crippen molar-refractivity contribution >= 4 is 22.4 Å². The number of nitrogens with one attached hydrogen (secondary N) is 1. The molecule has 1 amide bonds. The monoisotopic (exact) mass is 371 g/mol. The second-order valence-corrected chi connectivity index (χ2v) is 7.00. The molecule has 4 rings (SSSR count). The SMILES string of the molecule is O=C(Cn1nc(-c2ccc(F)cc2)ccc1=O)Nc1nnc(C2CC2)s1. The van der Waals surface area contributed by atoms with Gasteiger partial charge in [-0.1, -0.05) is 11.3 Å². The molecular formula is C17H14FN5O2S. The van der Waals surface area contributed by atoms with E-state index in [1.54, 1.807) is 12.1 Å². The maximum absolute atomic E-state index is 13.0. The van der Waals surface area contributed by atoms with E-state index in [-0.39, 0.29) is 12.4 Å². The molecule has 132 valence electrons. The number of amides is 1. The number of halogens is 1. The van der Waals surface area contributed by atoms with Gasteiger partial charge in [0, 0.05) is 17.5 Å². The van der Waals surface area contributed by atoms with E-state index < -0.39 is 11.5 Å². The zero-order valence-corrected chi connectivity index (χ0v) is 14.4. The van der Waals surface area contributed by atoms with E-state index in [1.165, 1.54) is 35.6 Å². The van der Waals surface area contributed by atoms with E-state index in [0.29, 0.717) is 22.3 Å². The highest BCUT2D eigenvalue weighted by atomic mass is 32.1. The molecule has 9 heteroatoms. The largest absolute Gasteiger partial charge is 0.299 e. The fraction of sp³-hybridized carbons (Fsp3) is 0.235. The van der Waals surface area contributed by atoms with E-state index in [2.05, 4.69) is 20.6 Å². The first-order chi connectivity index (χ1) is 12.6. The number of carbonyl (C=O) groups is 1.